The van der Waals surface area contributed by atoms with Crippen LogP contribution in [0.2, 0.25) is 10.0 Å². The van der Waals surface area contributed by atoms with Crippen molar-refractivity contribution >= 4 is 46.0 Å². The molecule has 0 aromatic heterocycles. The highest BCUT2D eigenvalue weighted by molar-refractivity contribution is 6.31. The average Bonchev–Trinajstić information content (AvgIpc) is 2.32. The van der Waals surface area contributed by atoms with Gasteiger partial charge in [-0.15, -0.1) is 0 Å². The maximum absolute atomic E-state index is 13.2. The normalized spacial score (nSPS) is 10.5. The molecule has 0 amide bonds. The van der Waals surface area contributed by atoms with Gasteiger partial charge in [-0.2, -0.15) is 0 Å². The zero-order chi connectivity index (χ0) is 14.2. The van der Waals surface area contributed by atoms with Crippen LogP contribution in [0.1, 0.15) is 0 Å². The lowest BCUT2D eigenvalue weighted by Gasteiger charge is -2.13. The van der Waals surface area contributed by atoms with E-state index in [2.05, 4.69) is 5.32 Å². The summed E-state index contributed by atoms with van der Waals surface area (Å²) >= 11 is 11.3. The molecule has 100 valence electrons. The van der Waals surface area contributed by atoms with Crippen LogP contribution in [0.4, 0.5) is 31.5 Å². The van der Waals surface area contributed by atoms with Gasteiger partial charge in [0, 0.05) is 12.1 Å². The van der Waals surface area contributed by atoms with Gasteiger partial charge in [0.1, 0.15) is 11.6 Å². The molecule has 0 aliphatic carbocycles. The first-order valence-electron chi connectivity index (χ1n) is 5.14. The van der Waals surface area contributed by atoms with E-state index in [9.17, 15) is 8.78 Å². The summed E-state index contributed by atoms with van der Waals surface area (Å²) < 4.78 is 26.3. The number of hydrogen-bond acceptors (Lipinski definition) is 3. The van der Waals surface area contributed by atoms with E-state index >= 15 is 0 Å². The SMILES string of the molecule is Nc1cc(F)c(Cl)cc1Nc1cc(Cl)c(F)cc1N. The third kappa shape index (κ3) is 2.83. The van der Waals surface area contributed by atoms with Gasteiger partial charge in [-0.1, -0.05) is 23.2 Å². The molecule has 0 heterocycles. The minimum atomic E-state index is -0.630. The summed E-state index contributed by atoms with van der Waals surface area (Å²) in [6.45, 7) is 0. The van der Waals surface area contributed by atoms with Crippen LogP contribution >= 0.6 is 23.2 Å². The molecule has 0 aliphatic rings. The minimum Gasteiger partial charge on any atom is -0.397 e. The molecule has 7 heteroatoms. The Morgan fingerprint density at radius 2 is 1.16 bits per heavy atom. The molecular weight excluding hydrogens is 295 g/mol. The summed E-state index contributed by atoms with van der Waals surface area (Å²) in [5.41, 5.74) is 12.3. The maximum Gasteiger partial charge on any atom is 0.143 e. The van der Waals surface area contributed by atoms with Crippen LogP contribution in [0.25, 0.3) is 0 Å². The van der Waals surface area contributed by atoms with Gasteiger partial charge in [0.05, 0.1) is 32.8 Å². The fraction of sp³-hybridized carbons (Fsp3) is 0. The second-order valence-electron chi connectivity index (χ2n) is 3.83. The van der Waals surface area contributed by atoms with Crippen LogP contribution < -0.4 is 16.8 Å². The van der Waals surface area contributed by atoms with Crippen molar-refractivity contribution < 1.29 is 8.78 Å². The molecule has 0 fully saturated rings. The molecule has 5 N–H and O–H groups in total. The van der Waals surface area contributed by atoms with Gasteiger partial charge in [0.2, 0.25) is 0 Å². The van der Waals surface area contributed by atoms with Gasteiger partial charge in [0.15, 0.2) is 0 Å². The predicted molar refractivity (Wildman–Crippen MR) is 74.9 cm³/mol. The summed E-state index contributed by atoms with van der Waals surface area (Å²) in [5.74, 6) is -1.26. The van der Waals surface area contributed by atoms with E-state index in [1.807, 2.05) is 0 Å². The van der Waals surface area contributed by atoms with Crippen LogP contribution in [-0.4, -0.2) is 0 Å². The monoisotopic (exact) mass is 303 g/mol. The zero-order valence-corrected chi connectivity index (χ0v) is 11.0. The summed E-state index contributed by atoms with van der Waals surface area (Å²) in [6, 6.07) is 4.77. The van der Waals surface area contributed by atoms with E-state index in [4.69, 9.17) is 34.7 Å². The fourth-order valence-electron chi connectivity index (χ4n) is 1.49. The molecule has 0 aliphatic heterocycles. The summed E-state index contributed by atoms with van der Waals surface area (Å²) in [5, 5.41) is 2.64. The number of benzene rings is 2. The third-order valence-electron chi connectivity index (χ3n) is 2.45. The fourth-order valence-corrected chi connectivity index (χ4v) is 1.81. The molecule has 0 radical (unpaired) electrons. The Morgan fingerprint density at radius 3 is 1.53 bits per heavy atom. The molecule has 0 saturated carbocycles. The lowest BCUT2D eigenvalue weighted by molar-refractivity contribution is 0.629. The lowest BCUT2D eigenvalue weighted by Crippen LogP contribution is -2.01. The number of rotatable bonds is 2. The van der Waals surface area contributed by atoms with Crippen molar-refractivity contribution in [2.75, 3.05) is 16.8 Å². The van der Waals surface area contributed by atoms with Gasteiger partial charge < -0.3 is 16.8 Å². The quantitative estimate of drug-likeness (QED) is 0.729. The van der Waals surface area contributed by atoms with E-state index in [0.717, 1.165) is 12.1 Å². The maximum atomic E-state index is 13.2. The number of nitrogens with two attached hydrogens (primary N) is 2. The number of nitrogen functional groups attached to an aromatic ring is 2. The van der Waals surface area contributed by atoms with Crippen molar-refractivity contribution in [2.45, 2.75) is 0 Å². The number of halogens is 4. The van der Waals surface area contributed by atoms with Crippen molar-refractivity contribution in [3.8, 4) is 0 Å². The van der Waals surface area contributed by atoms with E-state index in [1.165, 1.54) is 12.1 Å². The first-order valence-corrected chi connectivity index (χ1v) is 5.90. The highest BCUT2D eigenvalue weighted by Crippen LogP contribution is 2.33. The molecule has 0 bridgehead atoms. The van der Waals surface area contributed by atoms with Crippen molar-refractivity contribution in [3.05, 3.63) is 45.9 Å². The third-order valence-corrected chi connectivity index (χ3v) is 3.03. The second-order valence-corrected chi connectivity index (χ2v) is 4.65. The Morgan fingerprint density at radius 1 is 0.789 bits per heavy atom. The molecule has 2 aromatic carbocycles. The number of anilines is 4. The summed E-state index contributed by atoms with van der Waals surface area (Å²) in [4.78, 5) is 0. The molecule has 0 atom stereocenters. The average molecular weight is 304 g/mol. The van der Waals surface area contributed by atoms with Crippen molar-refractivity contribution in [3.63, 3.8) is 0 Å². The van der Waals surface area contributed by atoms with Crippen LogP contribution in [0.15, 0.2) is 24.3 Å². The summed E-state index contributed by atoms with van der Waals surface area (Å²) in [7, 11) is 0. The molecule has 0 spiro atoms. The Balaban J connectivity index is 2.42. The first-order chi connectivity index (χ1) is 8.88. The second kappa shape index (κ2) is 5.11. The standard InChI is InChI=1S/C12H9Cl2F2N3/c13-5-1-11(9(17)3-7(5)15)19-12-2-6(14)8(16)4-10(12)18/h1-4,19H,17-18H2. The topological polar surface area (TPSA) is 64.1 Å². The van der Waals surface area contributed by atoms with Crippen molar-refractivity contribution in [1.29, 1.82) is 0 Å². The van der Waals surface area contributed by atoms with E-state index < -0.39 is 11.6 Å². The Kier molecular flexibility index (Phi) is 3.68. The number of nitrogens with one attached hydrogen (secondary N) is 1. The van der Waals surface area contributed by atoms with E-state index in [1.54, 1.807) is 0 Å². The molecular formula is C12H9Cl2F2N3. The van der Waals surface area contributed by atoms with E-state index in [-0.39, 0.29) is 21.4 Å². The van der Waals surface area contributed by atoms with Crippen LogP contribution in [0.5, 0.6) is 0 Å². The van der Waals surface area contributed by atoms with Gasteiger partial charge in [0.25, 0.3) is 0 Å². The largest absolute Gasteiger partial charge is 0.397 e. The smallest absolute Gasteiger partial charge is 0.143 e. The Bertz CT molecular complexity index is 592. The molecule has 3 nitrogen and oxygen atoms in total. The molecule has 19 heavy (non-hydrogen) atoms. The Hall–Kier alpha value is -1.72. The molecule has 2 aromatic rings. The van der Waals surface area contributed by atoms with Crippen LogP contribution in [0, 0.1) is 11.6 Å². The Labute approximate surface area is 118 Å². The highest BCUT2D eigenvalue weighted by Gasteiger charge is 2.10. The van der Waals surface area contributed by atoms with Gasteiger partial charge >= 0.3 is 0 Å². The zero-order valence-electron chi connectivity index (χ0n) is 9.48. The summed E-state index contributed by atoms with van der Waals surface area (Å²) in [6.07, 6.45) is 0. The first kappa shape index (κ1) is 13.7. The van der Waals surface area contributed by atoms with E-state index in [0.29, 0.717) is 11.4 Å². The van der Waals surface area contributed by atoms with Crippen LogP contribution in [-0.2, 0) is 0 Å². The molecule has 0 unspecified atom stereocenters. The minimum absolute atomic E-state index is 0.0940. The van der Waals surface area contributed by atoms with Crippen LogP contribution in [0.3, 0.4) is 0 Å². The van der Waals surface area contributed by atoms with Crippen molar-refractivity contribution in [1.82, 2.24) is 0 Å². The molecule has 0 saturated heterocycles. The lowest BCUT2D eigenvalue weighted by atomic mass is 10.2. The van der Waals surface area contributed by atoms with Gasteiger partial charge in [-0.25, -0.2) is 8.78 Å². The van der Waals surface area contributed by atoms with Gasteiger partial charge in [-0.05, 0) is 12.1 Å². The number of hydrogen-bond donors (Lipinski definition) is 3. The van der Waals surface area contributed by atoms with Gasteiger partial charge in [-0.3, -0.25) is 0 Å². The highest BCUT2D eigenvalue weighted by atomic mass is 35.5. The van der Waals surface area contributed by atoms with Crippen molar-refractivity contribution in [2.24, 2.45) is 0 Å². The predicted octanol–water partition coefficient (Wildman–Crippen LogP) is 4.18. The molecule has 2 rings (SSSR count).